The van der Waals surface area contributed by atoms with Crippen LogP contribution >= 0.6 is 23.2 Å². The highest BCUT2D eigenvalue weighted by Gasteiger charge is 2.44. The maximum Gasteiger partial charge on any atom is 0.316 e. The van der Waals surface area contributed by atoms with E-state index in [0.29, 0.717) is 10.0 Å². The Morgan fingerprint density at radius 3 is 2.46 bits per heavy atom. The third kappa shape index (κ3) is 4.94. The van der Waals surface area contributed by atoms with E-state index in [4.69, 9.17) is 23.2 Å². The lowest BCUT2D eigenvalue weighted by Crippen LogP contribution is -2.41. The van der Waals surface area contributed by atoms with Crippen LogP contribution < -0.4 is 5.32 Å². The van der Waals surface area contributed by atoms with Crippen molar-refractivity contribution < 1.29 is 19.2 Å². The molecule has 1 aliphatic rings. The summed E-state index contributed by atoms with van der Waals surface area (Å²) < 4.78 is 0. The van der Waals surface area contributed by atoms with Gasteiger partial charge in [-0.2, -0.15) is 0 Å². The Balaban J connectivity index is 1.98. The molecule has 28 heavy (non-hydrogen) atoms. The number of carbonyl (C=O) groups excluding carboxylic acids is 4. The summed E-state index contributed by atoms with van der Waals surface area (Å²) in [6, 6.07) is 4.72. The van der Waals surface area contributed by atoms with Gasteiger partial charge in [0.15, 0.2) is 0 Å². The highest BCUT2D eigenvalue weighted by Crippen LogP contribution is 2.24. The first-order valence-corrected chi connectivity index (χ1v) is 9.36. The summed E-state index contributed by atoms with van der Waals surface area (Å²) in [5.41, 5.74) is 0.756. The van der Waals surface area contributed by atoms with Crippen LogP contribution in [0.15, 0.2) is 18.2 Å². The second-order valence-electron chi connectivity index (χ2n) is 6.59. The van der Waals surface area contributed by atoms with Crippen LogP contribution in [0.25, 0.3) is 0 Å². The molecule has 1 atom stereocenters. The Labute approximate surface area is 173 Å². The zero-order valence-corrected chi connectivity index (χ0v) is 17.4. The van der Waals surface area contributed by atoms with Gasteiger partial charge >= 0.3 is 6.03 Å². The van der Waals surface area contributed by atoms with E-state index in [1.54, 1.807) is 32.3 Å². The van der Waals surface area contributed by atoms with Crippen molar-refractivity contribution in [3.05, 3.63) is 33.8 Å². The van der Waals surface area contributed by atoms with E-state index >= 15 is 0 Å². The number of hydrogen-bond donors (Lipinski definition) is 1. The largest absolute Gasteiger partial charge is 0.341 e. The monoisotopic (exact) mass is 428 g/mol. The molecular formula is C18H22Cl2N4O4. The van der Waals surface area contributed by atoms with Crippen molar-refractivity contribution in [1.82, 2.24) is 20.0 Å². The van der Waals surface area contributed by atoms with Gasteiger partial charge in [-0.3, -0.25) is 14.4 Å². The lowest BCUT2D eigenvalue weighted by atomic mass is 10.1. The van der Waals surface area contributed by atoms with Crippen molar-refractivity contribution in [2.75, 3.05) is 40.8 Å². The van der Waals surface area contributed by atoms with E-state index < -0.39 is 23.5 Å². The summed E-state index contributed by atoms with van der Waals surface area (Å²) in [4.78, 5) is 52.7. The van der Waals surface area contributed by atoms with E-state index in [-0.39, 0.29) is 32.2 Å². The molecule has 0 saturated carbocycles. The summed E-state index contributed by atoms with van der Waals surface area (Å²) in [6.07, 6.45) is 0. The summed E-state index contributed by atoms with van der Waals surface area (Å²) >= 11 is 11.9. The SMILES string of the molecule is CNC(=O)N(C)CCN1CC(C(=O)N(C)Cc2ccc(Cl)c(Cl)c2)C(=O)C1=O. The zero-order valence-electron chi connectivity index (χ0n) is 15.9. The molecule has 0 radical (unpaired) electrons. The van der Waals surface area contributed by atoms with Crippen LogP contribution in [-0.2, 0) is 20.9 Å². The quantitative estimate of drug-likeness (QED) is 0.545. The number of likely N-dealkylation sites (N-methyl/N-ethyl adjacent to an activating group) is 1. The molecule has 1 heterocycles. The molecule has 1 N–H and O–H groups in total. The van der Waals surface area contributed by atoms with E-state index in [2.05, 4.69) is 5.32 Å². The number of ketones is 1. The van der Waals surface area contributed by atoms with Gasteiger partial charge in [0.25, 0.3) is 5.91 Å². The standard InChI is InChI=1S/C18H22Cl2N4O4/c1-21-18(28)22(2)6-7-24-10-12(15(25)17(24)27)16(26)23(3)9-11-4-5-13(19)14(20)8-11/h4-5,8,12H,6-7,9-10H2,1-3H3,(H,21,28). The number of nitrogens with zero attached hydrogens (tertiary/aromatic N) is 3. The molecule has 8 nitrogen and oxygen atoms in total. The van der Waals surface area contributed by atoms with Gasteiger partial charge in [0.2, 0.25) is 11.7 Å². The van der Waals surface area contributed by atoms with Crippen molar-refractivity contribution in [2.24, 2.45) is 5.92 Å². The van der Waals surface area contributed by atoms with Crippen molar-refractivity contribution in [1.29, 1.82) is 0 Å². The average molecular weight is 429 g/mol. The maximum absolute atomic E-state index is 12.7. The van der Waals surface area contributed by atoms with Gasteiger partial charge < -0.3 is 20.0 Å². The first-order chi connectivity index (χ1) is 13.1. The number of rotatable bonds is 6. The molecule has 1 saturated heterocycles. The highest BCUT2D eigenvalue weighted by molar-refractivity contribution is 6.42. The zero-order chi connectivity index (χ0) is 21.0. The molecule has 1 aromatic carbocycles. The van der Waals surface area contributed by atoms with Gasteiger partial charge in [-0.15, -0.1) is 0 Å². The van der Waals surface area contributed by atoms with Crippen molar-refractivity contribution >= 4 is 46.8 Å². The van der Waals surface area contributed by atoms with Crippen LogP contribution in [0.4, 0.5) is 4.79 Å². The summed E-state index contributed by atoms with van der Waals surface area (Å²) in [6.45, 7) is 0.657. The molecule has 10 heteroatoms. The van der Waals surface area contributed by atoms with E-state index in [0.717, 1.165) is 5.56 Å². The number of hydrogen-bond acceptors (Lipinski definition) is 4. The Bertz CT molecular complexity index is 802. The second kappa shape index (κ2) is 9.25. The number of Topliss-reactive ketones (excluding diaryl/α,β-unsaturated/α-hetero) is 1. The smallest absolute Gasteiger partial charge is 0.316 e. The molecule has 152 valence electrons. The minimum Gasteiger partial charge on any atom is -0.341 e. The molecule has 1 aromatic rings. The Morgan fingerprint density at radius 1 is 1.18 bits per heavy atom. The molecule has 1 aliphatic heterocycles. The van der Waals surface area contributed by atoms with E-state index in [1.165, 1.54) is 21.7 Å². The molecule has 2 rings (SSSR count). The van der Waals surface area contributed by atoms with E-state index in [1.807, 2.05) is 0 Å². The minimum atomic E-state index is -1.05. The lowest BCUT2D eigenvalue weighted by Gasteiger charge is -2.22. The number of nitrogens with one attached hydrogen (secondary N) is 1. The first kappa shape index (κ1) is 22.0. The summed E-state index contributed by atoms with van der Waals surface area (Å²) in [5, 5.41) is 3.25. The molecule has 0 aliphatic carbocycles. The van der Waals surface area contributed by atoms with Crippen molar-refractivity contribution in [2.45, 2.75) is 6.54 Å². The maximum atomic E-state index is 12.7. The predicted octanol–water partition coefficient (Wildman–Crippen LogP) is 1.25. The van der Waals surface area contributed by atoms with Gasteiger partial charge in [-0.1, -0.05) is 29.3 Å². The topological polar surface area (TPSA) is 90.0 Å². The molecule has 1 fully saturated rings. The van der Waals surface area contributed by atoms with E-state index in [9.17, 15) is 19.2 Å². The van der Waals surface area contributed by atoms with Gasteiger partial charge in [0, 0.05) is 47.3 Å². The Kier molecular flexibility index (Phi) is 7.26. The van der Waals surface area contributed by atoms with Crippen LogP contribution in [0, 0.1) is 5.92 Å². The fourth-order valence-electron chi connectivity index (χ4n) is 2.89. The van der Waals surface area contributed by atoms with Crippen LogP contribution in [0.3, 0.4) is 0 Å². The van der Waals surface area contributed by atoms with Crippen molar-refractivity contribution in [3.8, 4) is 0 Å². The first-order valence-electron chi connectivity index (χ1n) is 8.60. The van der Waals surface area contributed by atoms with Gasteiger partial charge in [-0.05, 0) is 17.7 Å². The molecule has 0 aromatic heterocycles. The Morgan fingerprint density at radius 2 is 1.86 bits per heavy atom. The fraction of sp³-hybridized carbons (Fsp3) is 0.444. The van der Waals surface area contributed by atoms with Crippen LogP contribution in [-0.4, -0.2) is 79.1 Å². The number of likely N-dealkylation sites (tertiary alicyclic amines) is 1. The fourth-order valence-corrected chi connectivity index (χ4v) is 3.21. The van der Waals surface area contributed by atoms with Crippen LogP contribution in [0.2, 0.25) is 10.0 Å². The van der Waals surface area contributed by atoms with Gasteiger partial charge in [-0.25, -0.2) is 4.79 Å². The number of benzene rings is 1. The molecule has 0 bridgehead atoms. The highest BCUT2D eigenvalue weighted by atomic mass is 35.5. The van der Waals surface area contributed by atoms with Gasteiger partial charge in [0.05, 0.1) is 10.0 Å². The van der Waals surface area contributed by atoms with Crippen molar-refractivity contribution in [3.63, 3.8) is 0 Å². The Hall–Kier alpha value is -2.32. The van der Waals surface area contributed by atoms with Crippen LogP contribution in [0.1, 0.15) is 5.56 Å². The normalized spacial score (nSPS) is 16.3. The number of halogens is 2. The van der Waals surface area contributed by atoms with Gasteiger partial charge in [0.1, 0.15) is 5.92 Å². The van der Waals surface area contributed by atoms with Crippen LogP contribution in [0.5, 0.6) is 0 Å². The number of urea groups is 1. The summed E-state index contributed by atoms with van der Waals surface area (Å²) in [5.74, 6) is -2.92. The number of carbonyl (C=O) groups is 4. The second-order valence-corrected chi connectivity index (χ2v) is 7.40. The minimum absolute atomic E-state index is 0.00377. The predicted molar refractivity (Wildman–Crippen MR) is 105 cm³/mol. The lowest BCUT2D eigenvalue weighted by molar-refractivity contribution is -0.144. The molecule has 4 amide bonds. The molecule has 1 unspecified atom stereocenters. The molecular weight excluding hydrogens is 407 g/mol. The third-order valence-electron chi connectivity index (χ3n) is 4.56. The molecule has 0 spiro atoms. The average Bonchev–Trinajstić information content (AvgIpc) is 2.95. The summed E-state index contributed by atoms with van der Waals surface area (Å²) in [7, 11) is 4.64. The third-order valence-corrected chi connectivity index (χ3v) is 5.30. The number of amides is 4.